The van der Waals surface area contributed by atoms with Gasteiger partial charge in [0.2, 0.25) is 0 Å². The number of ketones is 1. The Morgan fingerprint density at radius 1 is 1.00 bits per heavy atom. The molecule has 7 nitrogen and oxygen atoms in total. The van der Waals surface area contributed by atoms with Crippen molar-refractivity contribution >= 4 is 40.8 Å². The Bertz CT molecular complexity index is 1340. The number of halogens is 1. The van der Waals surface area contributed by atoms with Crippen molar-refractivity contribution in [2.75, 3.05) is 24.2 Å². The zero-order valence-electron chi connectivity index (χ0n) is 19.7. The van der Waals surface area contributed by atoms with Gasteiger partial charge in [0.25, 0.3) is 0 Å². The SMILES string of the molecule is CCOC(=O)CNc1ccccc1C(=O)CSc1nnc(Cc2ccccc2)n1-c1cccc(Cl)c1. The Labute approximate surface area is 218 Å². The van der Waals surface area contributed by atoms with Gasteiger partial charge in [-0.3, -0.25) is 14.2 Å². The monoisotopic (exact) mass is 520 g/mol. The zero-order valence-corrected chi connectivity index (χ0v) is 21.3. The minimum absolute atomic E-state index is 0.0167. The Balaban J connectivity index is 1.55. The van der Waals surface area contributed by atoms with E-state index in [1.54, 1.807) is 25.1 Å². The smallest absolute Gasteiger partial charge is 0.325 e. The molecule has 9 heteroatoms. The molecule has 0 aliphatic rings. The van der Waals surface area contributed by atoms with Crippen LogP contribution in [0.4, 0.5) is 5.69 Å². The Hall–Kier alpha value is -3.62. The molecule has 0 fully saturated rings. The van der Waals surface area contributed by atoms with E-state index in [0.29, 0.717) is 34.5 Å². The highest BCUT2D eigenvalue weighted by Gasteiger charge is 2.18. The van der Waals surface area contributed by atoms with Crippen molar-refractivity contribution in [3.05, 3.63) is 101 Å². The summed E-state index contributed by atoms with van der Waals surface area (Å²) >= 11 is 7.57. The average Bonchev–Trinajstić information content (AvgIpc) is 3.29. The van der Waals surface area contributed by atoms with Crippen LogP contribution in [0.25, 0.3) is 5.69 Å². The molecule has 4 aromatic rings. The molecule has 1 aromatic heterocycles. The number of carbonyl (C=O) groups is 2. The Kier molecular flexibility index (Phi) is 8.76. The lowest BCUT2D eigenvalue weighted by Crippen LogP contribution is -2.18. The fourth-order valence-electron chi connectivity index (χ4n) is 3.63. The highest BCUT2D eigenvalue weighted by molar-refractivity contribution is 7.99. The average molecular weight is 521 g/mol. The van der Waals surface area contributed by atoms with Gasteiger partial charge in [-0.05, 0) is 42.8 Å². The van der Waals surface area contributed by atoms with E-state index < -0.39 is 0 Å². The van der Waals surface area contributed by atoms with Crippen molar-refractivity contribution in [2.45, 2.75) is 18.5 Å². The molecule has 1 heterocycles. The first-order chi connectivity index (χ1) is 17.5. The Morgan fingerprint density at radius 3 is 2.56 bits per heavy atom. The third-order valence-corrected chi connectivity index (χ3v) is 6.42. The van der Waals surface area contributed by atoms with Crippen molar-refractivity contribution in [1.82, 2.24) is 14.8 Å². The van der Waals surface area contributed by atoms with Crippen LogP contribution in [0.2, 0.25) is 5.02 Å². The van der Waals surface area contributed by atoms with E-state index in [-0.39, 0.29) is 24.1 Å². The maximum Gasteiger partial charge on any atom is 0.325 e. The van der Waals surface area contributed by atoms with Crippen molar-refractivity contribution < 1.29 is 14.3 Å². The van der Waals surface area contributed by atoms with Gasteiger partial charge in [-0.1, -0.05) is 71.9 Å². The first-order valence-electron chi connectivity index (χ1n) is 11.4. The minimum atomic E-state index is -0.380. The summed E-state index contributed by atoms with van der Waals surface area (Å²) in [4.78, 5) is 24.9. The summed E-state index contributed by atoms with van der Waals surface area (Å²) in [7, 11) is 0. The number of hydrogen-bond donors (Lipinski definition) is 1. The number of aromatic nitrogens is 3. The quantitative estimate of drug-likeness (QED) is 0.159. The third kappa shape index (κ3) is 6.53. The molecule has 4 rings (SSSR count). The number of esters is 1. The summed E-state index contributed by atoms with van der Waals surface area (Å²) in [6, 6.07) is 24.6. The molecule has 0 aliphatic heterocycles. The number of Topliss-reactive ketones (excluding diaryl/α,β-unsaturated/α-hetero) is 1. The second-order valence-corrected chi connectivity index (χ2v) is 9.17. The van der Waals surface area contributed by atoms with Crippen LogP contribution >= 0.6 is 23.4 Å². The van der Waals surface area contributed by atoms with Gasteiger partial charge in [0.1, 0.15) is 12.4 Å². The Morgan fingerprint density at radius 2 is 1.78 bits per heavy atom. The van der Waals surface area contributed by atoms with Crippen LogP contribution in [0, 0.1) is 0 Å². The minimum Gasteiger partial charge on any atom is -0.465 e. The van der Waals surface area contributed by atoms with E-state index in [1.807, 2.05) is 65.2 Å². The fraction of sp³-hybridized carbons (Fsp3) is 0.185. The van der Waals surface area contributed by atoms with E-state index in [4.69, 9.17) is 16.3 Å². The predicted molar refractivity (Wildman–Crippen MR) is 142 cm³/mol. The molecule has 0 bridgehead atoms. The first kappa shape index (κ1) is 25.5. The molecule has 0 unspecified atom stereocenters. The van der Waals surface area contributed by atoms with Gasteiger partial charge in [0, 0.05) is 22.7 Å². The second kappa shape index (κ2) is 12.4. The molecule has 0 aliphatic carbocycles. The van der Waals surface area contributed by atoms with Crippen LogP contribution in [-0.4, -0.2) is 45.4 Å². The number of nitrogens with one attached hydrogen (secondary N) is 1. The van der Waals surface area contributed by atoms with Gasteiger partial charge in [-0.2, -0.15) is 0 Å². The first-order valence-corrected chi connectivity index (χ1v) is 12.8. The van der Waals surface area contributed by atoms with Crippen LogP contribution < -0.4 is 5.32 Å². The number of rotatable bonds is 11. The predicted octanol–water partition coefficient (Wildman–Crippen LogP) is 5.46. The van der Waals surface area contributed by atoms with E-state index in [9.17, 15) is 9.59 Å². The van der Waals surface area contributed by atoms with Crippen molar-refractivity contribution in [3.63, 3.8) is 0 Å². The number of anilines is 1. The molecule has 1 N–H and O–H groups in total. The lowest BCUT2D eigenvalue weighted by Gasteiger charge is -2.12. The number of hydrogen-bond acceptors (Lipinski definition) is 7. The van der Waals surface area contributed by atoms with E-state index >= 15 is 0 Å². The van der Waals surface area contributed by atoms with Gasteiger partial charge in [0.15, 0.2) is 10.9 Å². The molecular formula is C27H25ClN4O3S. The van der Waals surface area contributed by atoms with E-state index in [2.05, 4.69) is 15.5 Å². The maximum absolute atomic E-state index is 13.2. The molecule has 184 valence electrons. The summed E-state index contributed by atoms with van der Waals surface area (Å²) in [5, 5.41) is 13.0. The number of nitrogens with zero attached hydrogens (tertiary/aromatic N) is 3. The van der Waals surface area contributed by atoms with Gasteiger partial charge < -0.3 is 10.1 Å². The van der Waals surface area contributed by atoms with Crippen molar-refractivity contribution in [1.29, 1.82) is 0 Å². The van der Waals surface area contributed by atoms with Crippen molar-refractivity contribution in [3.8, 4) is 5.69 Å². The maximum atomic E-state index is 13.2. The van der Waals surface area contributed by atoms with Crippen LogP contribution in [0.15, 0.2) is 84.0 Å². The van der Waals surface area contributed by atoms with Crippen LogP contribution in [-0.2, 0) is 16.0 Å². The standard InChI is InChI=1S/C27H25ClN4O3S/c1-2-35-26(34)17-29-23-14-7-6-13-22(23)24(33)18-36-27-31-30-25(15-19-9-4-3-5-10-19)32(27)21-12-8-11-20(28)16-21/h3-14,16,29H,2,15,17-18H2,1H3. The van der Waals surface area contributed by atoms with Gasteiger partial charge in [0.05, 0.1) is 18.0 Å². The number of thioether (sulfide) groups is 1. The van der Waals surface area contributed by atoms with Gasteiger partial charge in [-0.15, -0.1) is 10.2 Å². The topological polar surface area (TPSA) is 86.1 Å². The van der Waals surface area contributed by atoms with Crippen LogP contribution in [0.3, 0.4) is 0 Å². The number of para-hydroxylation sites is 1. The lowest BCUT2D eigenvalue weighted by atomic mass is 10.1. The lowest BCUT2D eigenvalue weighted by molar-refractivity contribution is -0.140. The number of benzene rings is 3. The fourth-order valence-corrected chi connectivity index (χ4v) is 4.67. The molecule has 0 radical (unpaired) electrons. The molecule has 3 aromatic carbocycles. The summed E-state index contributed by atoms with van der Waals surface area (Å²) in [5.74, 6) is 0.407. The summed E-state index contributed by atoms with van der Waals surface area (Å²) in [6.07, 6.45) is 0.579. The highest BCUT2D eigenvalue weighted by atomic mass is 35.5. The van der Waals surface area contributed by atoms with E-state index in [0.717, 1.165) is 17.1 Å². The zero-order chi connectivity index (χ0) is 25.3. The summed E-state index contributed by atoms with van der Waals surface area (Å²) in [5.41, 5.74) is 3.00. The number of carbonyl (C=O) groups excluding carboxylic acids is 2. The largest absolute Gasteiger partial charge is 0.465 e. The molecule has 0 saturated carbocycles. The number of ether oxygens (including phenoxy) is 1. The normalized spacial score (nSPS) is 10.7. The summed E-state index contributed by atoms with van der Waals surface area (Å²) in [6.45, 7) is 2.04. The van der Waals surface area contributed by atoms with E-state index in [1.165, 1.54) is 11.8 Å². The van der Waals surface area contributed by atoms with Crippen LogP contribution in [0.1, 0.15) is 28.7 Å². The summed E-state index contributed by atoms with van der Waals surface area (Å²) < 4.78 is 6.89. The molecule has 36 heavy (non-hydrogen) atoms. The second-order valence-electron chi connectivity index (χ2n) is 7.79. The third-order valence-electron chi connectivity index (χ3n) is 5.26. The molecule has 0 spiro atoms. The molecular weight excluding hydrogens is 496 g/mol. The van der Waals surface area contributed by atoms with Gasteiger partial charge in [-0.25, -0.2) is 0 Å². The molecule has 0 saturated heterocycles. The highest BCUT2D eigenvalue weighted by Crippen LogP contribution is 2.27. The van der Waals surface area contributed by atoms with Gasteiger partial charge >= 0.3 is 5.97 Å². The molecule has 0 atom stereocenters. The van der Waals surface area contributed by atoms with Crippen LogP contribution in [0.5, 0.6) is 0 Å². The molecule has 0 amide bonds. The van der Waals surface area contributed by atoms with Crippen molar-refractivity contribution in [2.24, 2.45) is 0 Å².